The van der Waals surface area contributed by atoms with E-state index in [2.05, 4.69) is 20.3 Å². The molecule has 206 valence electrons. The second-order valence-corrected chi connectivity index (χ2v) is 11.2. The van der Waals surface area contributed by atoms with Gasteiger partial charge < -0.3 is 15.7 Å². The van der Waals surface area contributed by atoms with Gasteiger partial charge in [0.25, 0.3) is 0 Å². The van der Waals surface area contributed by atoms with Gasteiger partial charge in [-0.1, -0.05) is 54.1 Å². The molecule has 0 saturated heterocycles. The highest BCUT2D eigenvalue weighted by Crippen LogP contribution is 2.25. The molecule has 4 aromatic rings. The van der Waals surface area contributed by atoms with E-state index in [9.17, 15) is 23.1 Å². The zero-order valence-corrected chi connectivity index (χ0v) is 23.1. The highest BCUT2D eigenvalue weighted by Gasteiger charge is 2.28. The molecule has 10 heteroatoms. The molecule has 0 aliphatic heterocycles. The Morgan fingerprint density at radius 3 is 2.12 bits per heavy atom. The summed E-state index contributed by atoms with van der Waals surface area (Å²) in [5.74, 6) is -1.27. The lowest BCUT2D eigenvalue weighted by molar-refractivity contribution is -0.138. The molecule has 9 nitrogen and oxygen atoms in total. The number of aromatic nitrogens is 1. The van der Waals surface area contributed by atoms with Crippen LogP contribution in [0.15, 0.2) is 90.1 Å². The van der Waals surface area contributed by atoms with Crippen LogP contribution in [-0.2, 0) is 21.2 Å². The van der Waals surface area contributed by atoms with Gasteiger partial charge in [-0.15, -0.1) is 0 Å². The van der Waals surface area contributed by atoms with Crippen LogP contribution in [0.1, 0.15) is 22.3 Å². The fraction of sp³-hybridized carbons (Fsp3) is 0.167. The summed E-state index contributed by atoms with van der Waals surface area (Å²) in [6.07, 6.45) is 3.13. The molecular formula is C30H30N4O5S. The fourth-order valence-corrected chi connectivity index (χ4v) is 6.23. The summed E-state index contributed by atoms with van der Waals surface area (Å²) in [6.45, 7) is 5.27. The molecule has 0 saturated carbocycles. The van der Waals surface area contributed by atoms with Crippen LogP contribution >= 0.6 is 0 Å². The topological polar surface area (TPSA) is 137 Å². The number of carboxylic acids is 1. The van der Waals surface area contributed by atoms with Gasteiger partial charge in [0.15, 0.2) is 0 Å². The van der Waals surface area contributed by atoms with E-state index < -0.39 is 28.1 Å². The molecule has 1 aromatic heterocycles. The van der Waals surface area contributed by atoms with E-state index in [4.69, 9.17) is 0 Å². The Hall–Kier alpha value is -4.54. The number of anilines is 2. The van der Waals surface area contributed by atoms with Crippen molar-refractivity contribution in [3.8, 4) is 11.1 Å². The van der Waals surface area contributed by atoms with Gasteiger partial charge in [-0.05, 0) is 79.3 Å². The minimum absolute atomic E-state index is 0.0328. The predicted octanol–water partition coefficient (Wildman–Crippen LogP) is 5.29. The molecule has 4 rings (SSSR count). The average molecular weight is 559 g/mol. The Morgan fingerprint density at radius 1 is 0.850 bits per heavy atom. The number of rotatable bonds is 9. The van der Waals surface area contributed by atoms with Gasteiger partial charge in [-0.3, -0.25) is 9.78 Å². The number of nitrogens with zero attached hydrogens (tertiary/aromatic N) is 1. The second-order valence-electron chi connectivity index (χ2n) is 9.54. The Bertz CT molecular complexity index is 1620. The minimum Gasteiger partial charge on any atom is -0.480 e. The summed E-state index contributed by atoms with van der Waals surface area (Å²) in [4.78, 5) is 28.4. The van der Waals surface area contributed by atoms with E-state index in [0.717, 1.165) is 16.7 Å². The van der Waals surface area contributed by atoms with Crippen molar-refractivity contribution in [2.75, 3.05) is 10.6 Å². The van der Waals surface area contributed by atoms with E-state index in [-0.39, 0.29) is 11.3 Å². The van der Waals surface area contributed by atoms with Gasteiger partial charge >= 0.3 is 12.0 Å². The lowest BCUT2D eigenvalue weighted by atomic mass is 10.0. The van der Waals surface area contributed by atoms with Crippen LogP contribution in [-0.4, -0.2) is 36.6 Å². The third-order valence-corrected chi connectivity index (χ3v) is 8.01. The van der Waals surface area contributed by atoms with Gasteiger partial charge in [0.1, 0.15) is 6.04 Å². The molecule has 0 spiro atoms. The molecule has 0 fully saturated rings. The van der Waals surface area contributed by atoms with Crippen molar-refractivity contribution in [1.82, 2.24) is 9.71 Å². The first kappa shape index (κ1) is 28.5. The van der Waals surface area contributed by atoms with Crippen LogP contribution < -0.4 is 15.4 Å². The first-order chi connectivity index (χ1) is 19.0. The first-order valence-electron chi connectivity index (χ1n) is 12.5. The van der Waals surface area contributed by atoms with Crippen molar-refractivity contribution in [3.05, 3.63) is 107 Å². The van der Waals surface area contributed by atoms with Crippen LogP contribution in [0.5, 0.6) is 0 Å². The van der Waals surface area contributed by atoms with Crippen LogP contribution in [0, 0.1) is 20.8 Å². The number of benzene rings is 3. The van der Waals surface area contributed by atoms with Crippen LogP contribution in [0.2, 0.25) is 0 Å². The zero-order chi connectivity index (χ0) is 28.9. The quantitative estimate of drug-likeness (QED) is 0.220. The van der Waals surface area contributed by atoms with Gasteiger partial charge in [-0.25, -0.2) is 13.2 Å². The summed E-state index contributed by atoms with van der Waals surface area (Å²) in [6, 6.07) is 19.7. The first-order valence-corrected chi connectivity index (χ1v) is 14.0. The van der Waals surface area contributed by atoms with Gasteiger partial charge in [0, 0.05) is 11.9 Å². The van der Waals surface area contributed by atoms with Crippen LogP contribution in [0.25, 0.3) is 11.1 Å². The minimum atomic E-state index is -4.06. The number of aliphatic carboxylic acids is 1. The highest BCUT2D eigenvalue weighted by atomic mass is 32.2. The summed E-state index contributed by atoms with van der Waals surface area (Å²) < 4.78 is 28.6. The lowest BCUT2D eigenvalue weighted by Gasteiger charge is -2.18. The van der Waals surface area contributed by atoms with E-state index in [0.29, 0.717) is 28.1 Å². The van der Waals surface area contributed by atoms with Gasteiger partial charge in [0.2, 0.25) is 10.0 Å². The smallest absolute Gasteiger partial charge is 0.323 e. The Labute approximate surface area is 233 Å². The number of aryl methyl sites for hydroxylation is 3. The number of amides is 2. The Balaban J connectivity index is 1.46. The summed E-state index contributed by atoms with van der Waals surface area (Å²) in [5, 5.41) is 15.3. The number of hydrogen-bond acceptors (Lipinski definition) is 5. The standard InChI is InChI=1S/C30H30N4O5S/c1-19-14-20(2)28(21(3)15-19)40(38,39)34-27(29(35)36)16-22-9-11-23(12-10-22)24-6-4-7-25(17-24)32-30(37)33-26-8-5-13-31-18-26/h4-15,17-18,27,34H,16H2,1-3H3,(H,35,36)(H2,32,33,37)/t27-/m1/s1. The molecule has 2 amide bonds. The molecule has 0 unspecified atom stereocenters. The maximum atomic E-state index is 13.1. The normalized spacial score (nSPS) is 12.0. The van der Waals surface area contributed by atoms with E-state index >= 15 is 0 Å². The van der Waals surface area contributed by atoms with Crippen LogP contribution in [0.4, 0.5) is 16.2 Å². The molecule has 4 N–H and O–H groups in total. The van der Waals surface area contributed by atoms with Crippen molar-refractivity contribution < 1.29 is 23.1 Å². The summed E-state index contributed by atoms with van der Waals surface area (Å²) in [7, 11) is -4.06. The SMILES string of the molecule is Cc1cc(C)c(S(=O)(=O)N[C@H](Cc2ccc(-c3cccc(NC(=O)Nc4cccnc4)c3)cc2)C(=O)O)c(C)c1. The van der Waals surface area contributed by atoms with E-state index in [1.807, 2.05) is 37.3 Å². The second kappa shape index (κ2) is 12.1. The molecule has 1 heterocycles. The molecular weight excluding hydrogens is 528 g/mol. The molecule has 40 heavy (non-hydrogen) atoms. The fourth-order valence-electron chi connectivity index (χ4n) is 4.59. The van der Waals surface area contributed by atoms with Crippen molar-refractivity contribution in [2.24, 2.45) is 0 Å². The molecule has 0 aliphatic carbocycles. The van der Waals surface area contributed by atoms with Crippen molar-refractivity contribution in [1.29, 1.82) is 0 Å². The molecule has 0 bridgehead atoms. The average Bonchev–Trinajstić information content (AvgIpc) is 2.88. The number of pyridine rings is 1. The number of carboxylic acid groups (broad SMARTS) is 1. The van der Waals surface area contributed by atoms with Gasteiger partial charge in [0.05, 0.1) is 16.8 Å². The maximum absolute atomic E-state index is 13.1. The predicted molar refractivity (Wildman–Crippen MR) is 155 cm³/mol. The summed E-state index contributed by atoms with van der Waals surface area (Å²) in [5.41, 5.74) is 5.54. The highest BCUT2D eigenvalue weighted by molar-refractivity contribution is 7.89. The number of sulfonamides is 1. The summed E-state index contributed by atoms with van der Waals surface area (Å²) >= 11 is 0. The van der Waals surface area contributed by atoms with Crippen molar-refractivity contribution >= 4 is 33.4 Å². The maximum Gasteiger partial charge on any atom is 0.323 e. The van der Waals surface area contributed by atoms with Crippen LogP contribution in [0.3, 0.4) is 0 Å². The van der Waals surface area contributed by atoms with Gasteiger partial charge in [-0.2, -0.15) is 4.72 Å². The Kier molecular flexibility index (Phi) is 8.61. The number of nitrogens with one attached hydrogen (secondary N) is 3. The molecule has 3 aromatic carbocycles. The number of carbonyl (C=O) groups excluding carboxylic acids is 1. The lowest BCUT2D eigenvalue weighted by Crippen LogP contribution is -2.42. The van der Waals surface area contributed by atoms with E-state index in [1.165, 1.54) is 0 Å². The molecule has 1 atom stereocenters. The van der Waals surface area contributed by atoms with E-state index in [1.54, 1.807) is 68.7 Å². The number of hydrogen-bond donors (Lipinski definition) is 4. The molecule has 0 radical (unpaired) electrons. The zero-order valence-electron chi connectivity index (χ0n) is 22.3. The monoisotopic (exact) mass is 558 g/mol. The Morgan fingerprint density at radius 2 is 1.50 bits per heavy atom. The van der Waals surface area contributed by atoms with Crippen molar-refractivity contribution in [3.63, 3.8) is 0 Å². The third kappa shape index (κ3) is 7.10. The third-order valence-electron chi connectivity index (χ3n) is 6.24. The molecule has 0 aliphatic rings. The largest absolute Gasteiger partial charge is 0.480 e. The van der Waals surface area contributed by atoms with Crippen molar-refractivity contribution in [2.45, 2.75) is 38.1 Å². The number of carbonyl (C=O) groups is 2. The number of urea groups is 1.